The number of carbonyl (C=O) groups is 3. The molecule has 2 N–H and O–H groups in total. The number of hydrogen-bond donors (Lipinski definition) is 2. The van der Waals surface area contributed by atoms with E-state index in [1.54, 1.807) is 23.2 Å². The number of likely N-dealkylation sites (tertiary alicyclic amines) is 1. The second kappa shape index (κ2) is 10.0. The summed E-state index contributed by atoms with van der Waals surface area (Å²) in [4.78, 5) is 44.8. The number of hydrogen-bond acceptors (Lipinski definition) is 9. The van der Waals surface area contributed by atoms with E-state index in [4.69, 9.17) is 4.74 Å². The summed E-state index contributed by atoms with van der Waals surface area (Å²) in [5.74, 6) is -0.205. The number of ketones is 1. The van der Waals surface area contributed by atoms with Gasteiger partial charge in [0.15, 0.2) is 5.78 Å². The van der Waals surface area contributed by atoms with Crippen molar-refractivity contribution in [2.45, 2.75) is 18.5 Å². The molecule has 3 amide bonds. The van der Waals surface area contributed by atoms with Crippen LogP contribution in [0.3, 0.4) is 0 Å². The van der Waals surface area contributed by atoms with Gasteiger partial charge in [-0.15, -0.1) is 11.3 Å². The van der Waals surface area contributed by atoms with Crippen LogP contribution in [0.15, 0.2) is 46.1 Å². The van der Waals surface area contributed by atoms with Gasteiger partial charge >= 0.3 is 6.03 Å². The summed E-state index contributed by atoms with van der Waals surface area (Å²) in [6.45, 7) is 3.72. The number of likely N-dealkylation sites (N-methyl/N-ethyl adjacent to an activating group) is 1. The summed E-state index contributed by atoms with van der Waals surface area (Å²) in [5, 5.41) is 13.4. The first-order chi connectivity index (χ1) is 18.4. The highest BCUT2D eigenvalue weighted by molar-refractivity contribution is 7.15. The molecule has 38 heavy (non-hydrogen) atoms. The highest BCUT2D eigenvalue weighted by atomic mass is 32.1. The van der Waals surface area contributed by atoms with E-state index in [0.717, 1.165) is 17.8 Å². The van der Waals surface area contributed by atoms with Crippen LogP contribution in [0.5, 0.6) is 0 Å². The van der Waals surface area contributed by atoms with Crippen molar-refractivity contribution in [2.75, 3.05) is 58.8 Å². The number of morpholine rings is 1. The van der Waals surface area contributed by atoms with Gasteiger partial charge in [0, 0.05) is 32.2 Å². The molecule has 1 aromatic heterocycles. The Balaban J connectivity index is 1.22. The maximum absolute atomic E-state index is 13.7. The van der Waals surface area contributed by atoms with Gasteiger partial charge in [-0.1, -0.05) is 12.1 Å². The number of ether oxygens (including phenoxy) is 1. The summed E-state index contributed by atoms with van der Waals surface area (Å²) in [7, 11) is 4.07. The number of nitrogens with one attached hydrogen (secondary N) is 2. The van der Waals surface area contributed by atoms with Crippen LogP contribution in [-0.4, -0.2) is 92.1 Å². The zero-order chi connectivity index (χ0) is 26.4. The summed E-state index contributed by atoms with van der Waals surface area (Å²) in [6.07, 6.45) is 0.954. The van der Waals surface area contributed by atoms with Gasteiger partial charge in [0.05, 0.1) is 39.8 Å². The van der Waals surface area contributed by atoms with E-state index in [9.17, 15) is 14.4 Å². The lowest BCUT2D eigenvalue weighted by Crippen LogP contribution is -2.49. The second-order valence-corrected chi connectivity index (χ2v) is 11.0. The van der Waals surface area contributed by atoms with Gasteiger partial charge in [-0.2, -0.15) is 10.2 Å². The molecule has 0 spiro atoms. The van der Waals surface area contributed by atoms with Gasteiger partial charge < -0.3 is 19.9 Å². The minimum absolute atomic E-state index is 0.00138. The highest BCUT2D eigenvalue weighted by Gasteiger charge is 2.43. The van der Waals surface area contributed by atoms with Crippen molar-refractivity contribution >= 4 is 40.4 Å². The fraction of sp³-hybridized carbons (Fsp3) is 0.423. The third kappa shape index (κ3) is 4.43. The van der Waals surface area contributed by atoms with Gasteiger partial charge in [-0.25, -0.2) is 9.80 Å². The third-order valence-electron chi connectivity index (χ3n) is 7.41. The van der Waals surface area contributed by atoms with Crippen molar-refractivity contribution in [3.8, 4) is 0 Å². The largest absolute Gasteiger partial charge is 0.379 e. The average molecular weight is 536 g/mol. The number of fused-ring (bicyclic) bond motifs is 3. The van der Waals surface area contributed by atoms with Gasteiger partial charge in [0.25, 0.3) is 5.91 Å². The van der Waals surface area contributed by atoms with Gasteiger partial charge in [0.1, 0.15) is 11.7 Å². The van der Waals surface area contributed by atoms with Crippen molar-refractivity contribution < 1.29 is 19.1 Å². The molecular weight excluding hydrogens is 506 g/mol. The van der Waals surface area contributed by atoms with E-state index in [1.165, 1.54) is 11.3 Å². The third-order valence-corrected chi connectivity index (χ3v) is 8.49. The molecule has 11 nitrogen and oxygen atoms in total. The number of rotatable bonds is 5. The summed E-state index contributed by atoms with van der Waals surface area (Å²) in [6, 6.07) is 8.43. The van der Waals surface area contributed by atoms with Crippen LogP contribution in [0.4, 0.5) is 10.5 Å². The Morgan fingerprint density at radius 3 is 2.71 bits per heavy atom. The Morgan fingerprint density at radius 1 is 1.13 bits per heavy atom. The number of nitrogens with zero attached hydrogens (tertiary/aromatic N) is 5. The Bertz CT molecular complexity index is 1360. The quantitative estimate of drug-likeness (QED) is 0.608. The fourth-order valence-electron chi connectivity index (χ4n) is 5.33. The van der Waals surface area contributed by atoms with Crippen LogP contribution < -0.4 is 10.7 Å². The number of azo groups is 1. The Kier molecular flexibility index (Phi) is 6.56. The predicted octanol–water partition coefficient (Wildman–Crippen LogP) is 3.01. The second-order valence-electron chi connectivity index (χ2n) is 9.97. The lowest BCUT2D eigenvalue weighted by molar-refractivity contribution is 0.0207. The van der Waals surface area contributed by atoms with Crippen molar-refractivity contribution in [1.29, 1.82) is 0 Å². The first-order valence-corrected chi connectivity index (χ1v) is 13.5. The van der Waals surface area contributed by atoms with Crippen LogP contribution >= 0.6 is 11.3 Å². The molecule has 2 fully saturated rings. The van der Waals surface area contributed by atoms with Crippen LogP contribution in [0.2, 0.25) is 0 Å². The van der Waals surface area contributed by atoms with Gasteiger partial charge in [-0.05, 0) is 44.3 Å². The number of thiophene rings is 1. The molecule has 1 aromatic carbocycles. The normalized spacial score (nSPS) is 22.8. The van der Waals surface area contributed by atoms with Gasteiger partial charge in [0.2, 0.25) is 0 Å². The van der Waals surface area contributed by atoms with Crippen molar-refractivity contribution in [3.05, 3.63) is 56.8 Å². The number of amides is 3. The summed E-state index contributed by atoms with van der Waals surface area (Å²) < 4.78 is 5.31. The maximum atomic E-state index is 13.7. The van der Waals surface area contributed by atoms with Crippen LogP contribution in [-0.2, 0) is 4.74 Å². The number of carbonyl (C=O) groups excluding carboxylic acids is 3. The molecule has 12 heteroatoms. The van der Waals surface area contributed by atoms with E-state index in [1.807, 2.05) is 31.1 Å². The number of Topliss-reactive ketones (excluding diaryl/α,β-unsaturated/α-hetero) is 1. The first-order valence-electron chi connectivity index (χ1n) is 12.7. The molecule has 2 atom stereocenters. The molecule has 2 aromatic rings. The Morgan fingerprint density at radius 2 is 1.95 bits per heavy atom. The topological polar surface area (TPSA) is 119 Å². The van der Waals surface area contributed by atoms with Crippen LogP contribution in [0.25, 0.3) is 5.70 Å². The molecule has 4 aliphatic rings. The molecule has 0 radical (unpaired) electrons. The highest BCUT2D eigenvalue weighted by Crippen LogP contribution is 2.49. The van der Waals surface area contributed by atoms with E-state index in [-0.39, 0.29) is 11.7 Å². The average Bonchev–Trinajstić information content (AvgIpc) is 3.70. The van der Waals surface area contributed by atoms with Crippen LogP contribution in [0.1, 0.15) is 42.9 Å². The number of benzene rings is 1. The molecule has 198 valence electrons. The number of anilines is 1. The smallest absolute Gasteiger partial charge is 0.333 e. The predicted molar refractivity (Wildman–Crippen MR) is 142 cm³/mol. The van der Waals surface area contributed by atoms with Crippen LogP contribution in [0, 0.1) is 0 Å². The number of hydrazine groups is 1. The maximum Gasteiger partial charge on any atom is 0.333 e. The molecule has 1 aliphatic carbocycles. The molecule has 6 rings (SSSR count). The molecule has 4 heterocycles. The molecule has 0 saturated carbocycles. The molecule has 0 bridgehead atoms. The monoisotopic (exact) mass is 535 g/mol. The molecular formula is C26H29N7O4S. The fourth-order valence-corrected chi connectivity index (χ4v) is 6.30. The standard InChI is InChI=1S/C26H29N7O4S/c1-31(2)15-8-9-32(14-15)25(35)19-7-6-18(38-19)23-21-22(28-29-23)16-4-3-5-17(20(16)24(21)34)27-26(36)30-33-10-12-37-13-11-33/h3-7,15,22H,8-14H2,1-2H3,(H2,27,30,36)/t15-,22?/m1/s1. The zero-order valence-corrected chi connectivity index (χ0v) is 22.1. The van der Waals surface area contributed by atoms with E-state index in [0.29, 0.717) is 71.9 Å². The Labute approximate surface area is 224 Å². The zero-order valence-electron chi connectivity index (χ0n) is 21.3. The lowest BCUT2D eigenvalue weighted by Gasteiger charge is -2.27. The minimum Gasteiger partial charge on any atom is -0.379 e. The van der Waals surface area contributed by atoms with E-state index in [2.05, 4.69) is 25.9 Å². The van der Waals surface area contributed by atoms with Crippen molar-refractivity contribution in [1.82, 2.24) is 20.2 Å². The van der Waals surface area contributed by atoms with E-state index < -0.39 is 12.1 Å². The number of urea groups is 1. The molecule has 1 unspecified atom stereocenters. The Hall–Kier alpha value is -3.45. The lowest BCUT2D eigenvalue weighted by atomic mass is 10.1. The SMILES string of the molecule is CN(C)[C@@H]1CCN(C(=O)c2ccc(C3=C4C(=O)c5c(NC(=O)NN6CCOCC6)cccc5C4N=N3)s2)C1. The minimum atomic E-state index is -0.516. The molecule has 2 saturated heterocycles. The van der Waals surface area contributed by atoms with E-state index >= 15 is 0 Å². The van der Waals surface area contributed by atoms with Gasteiger partial charge in [-0.3, -0.25) is 15.0 Å². The van der Waals surface area contributed by atoms with Crippen molar-refractivity contribution in [3.63, 3.8) is 0 Å². The van der Waals surface area contributed by atoms with Crippen molar-refractivity contribution in [2.24, 2.45) is 10.2 Å². The first kappa shape index (κ1) is 24.9. The summed E-state index contributed by atoms with van der Waals surface area (Å²) >= 11 is 1.33. The summed E-state index contributed by atoms with van der Waals surface area (Å²) in [5.41, 5.74) is 5.36. The molecule has 3 aliphatic heterocycles.